The second-order valence-corrected chi connectivity index (χ2v) is 3.62. The highest BCUT2D eigenvalue weighted by Gasteiger charge is 2.29. The van der Waals surface area contributed by atoms with Crippen LogP contribution in [-0.2, 0) is 0 Å². The number of aliphatic hydroxyl groups excluding tert-OH is 1. The zero-order valence-electron chi connectivity index (χ0n) is 9.40. The molecule has 0 aromatic heterocycles. The molecule has 0 saturated carbocycles. The molecule has 0 saturated heterocycles. The van der Waals surface area contributed by atoms with Crippen LogP contribution in [-0.4, -0.2) is 35.0 Å². The van der Waals surface area contributed by atoms with Gasteiger partial charge in [0.05, 0.1) is 17.5 Å². The molecule has 0 aliphatic carbocycles. The van der Waals surface area contributed by atoms with E-state index in [-0.39, 0.29) is 0 Å². The molecule has 0 spiro atoms. The minimum absolute atomic E-state index is 0.513. The highest BCUT2D eigenvalue weighted by atomic mass is 19.3. The summed E-state index contributed by atoms with van der Waals surface area (Å²) in [6.45, 7) is -2.66. The van der Waals surface area contributed by atoms with Crippen LogP contribution in [0.15, 0.2) is 18.2 Å². The third-order valence-electron chi connectivity index (χ3n) is 2.14. The Morgan fingerprint density at radius 1 is 1.47 bits per heavy atom. The van der Waals surface area contributed by atoms with Gasteiger partial charge in [0.2, 0.25) is 0 Å². The van der Waals surface area contributed by atoms with E-state index in [2.05, 4.69) is 0 Å². The molecule has 1 aromatic carbocycles. The van der Waals surface area contributed by atoms with Gasteiger partial charge in [-0.3, -0.25) is 14.9 Å². The molecule has 0 unspecified atom stereocenters. The first-order valence-electron chi connectivity index (χ1n) is 4.97. The number of carbonyl (C=O) groups excluding carboxylic acids is 1. The summed E-state index contributed by atoms with van der Waals surface area (Å²) < 4.78 is 38.2. The van der Waals surface area contributed by atoms with Gasteiger partial charge in [-0.15, -0.1) is 0 Å². The van der Waals surface area contributed by atoms with Crippen molar-refractivity contribution in [2.24, 2.45) is 0 Å². The van der Waals surface area contributed by atoms with E-state index in [1.807, 2.05) is 0 Å². The molecular formula is C10H9F3N2O4. The van der Waals surface area contributed by atoms with E-state index in [4.69, 9.17) is 5.11 Å². The number of nitro benzene ring substituents is 1. The van der Waals surface area contributed by atoms with Crippen molar-refractivity contribution in [2.75, 3.05) is 13.2 Å². The number of nitrogens with one attached hydrogen (secondary N) is 1. The van der Waals surface area contributed by atoms with Crippen LogP contribution < -0.4 is 5.32 Å². The number of benzene rings is 1. The molecule has 9 heteroatoms. The Hall–Kier alpha value is -2.16. The van der Waals surface area contributed by atoms with Crippen molar-refractivity contribution >= 4 is 11.6 Å². The van der Waals surface area contributed by atoms with Crippen molar-refractivity contribution in [3.05, 3.63) is 39.7 Å². The summed E-state index contributed by atoms with van der Waals surface area (Å²) in [6.07, 6.45) is 0. The molecule has 1 rings (SSSR count). The standard InChI is InChI=1S/C10H9F3N2O4/c11-6-1-2-7(8(3-6)15(18)19)9(17)14-4-10(12,13)5-16/h1-3,16H,4-5H2,(H,14,17). The number of carbonyl (C=O) groups is 1. The molecule has 0 radical (unpaired) electrons. The Morgan fingerprint density at radius 3 is 2.63 bits per heavy atom. The van der Waals surface area contributed by atoms with Gasteiger partial charge in [-0.1, -0.05) is 0 Å². The largest absolute Gasteiger partial charge is 0.390 e. The minimum Gasteiger partial charge on any atom is -0.390 e. The molecule has 0 bridgehead atoms. The molecule has 0 heterocycles. The second-order valence-electron chi connectivity index (χ2n) is 3.62. The van der Waals surface area contributed by atoms with Crippen LogP contribution in [0, 0.1) is 15.9 Å². The number of hydrogen-bond acceptors (Lipinski definition) is 4. The second kappa shape index (κ2) is 5.65. The van der Waals surface area contributed by atoms with E-state index in [0.29, 0.717) is 6.07 Å². The Bertz CT molecular complexity index is 508. The number of halogens is 3. The molecule has 19 heavy (non-hydrogen) atoms. The summed E-state index contributed by atoms with van der Waals surface area (Å²) >= 11 is 0. The molecule has 0 aliphatic rings. The quantitative estimate of drug-likeness (QED) is 0.623. The average Bonchev–Trinajstić information content (AvgIpc) is 2.36. The lowest BCUT2D eigenvalue weighted by Crippen LogP contribution is -2.39. The summed E-state index contributed by atoms with van der Waals surface area (Å²) in [5, 5.41) is 20.6. The first-order chi connectivity index (χ1) is 8.76. The van der Waals surface area contributed by atoms with Gasteiger partial charge in [0.25, 0.3) is 17.5 Å². The fraction of sp³-hybridized carbons (Fsp3) is 0.300. The molecule has 6 nitrogen and oxygen atoms in total. The van der Waals surface area contributed by atoms with Crippen LogP contribution in [0.3, 0.4) is 0 Å². The molecule has 2 N–H and O–H groups in total. The van der Waals surface area contributed by atoms with Gasteiger partial charge in [-0.05, 0) is 12.1 Å². The van der Waals surface area contributed by atoms with Gasteiger partial charge in [0.1, 0.15) is 18.0 Å². The monoisotopic (exact) mass is 278 g/mol. The van der Waals surface area contributed by atoms with E-state index in [0.717, 1.165) is 12.1 Å². The van der Waals surface area contributed by atoms with Crippen molar-refractivity contribution in [3.63, 3.8) is 0 Å². The van der Waals surface area contributed by atoms with Crippen molar-refractivity contribution in [3.8, 4) is 0 Å². The third-order valence-corrected chi connectivity index (χ3v) is 2.14. The summed E-state index contributed by atoms with van der Waals surface area (Å²) in [7, 11) is 0. The van der Waals surface area contributed by atoms with E-state index < -0.39 is 47.0 Å². The van der Waals surface area contributed by atoms with E-state index in [1.54, 1.807) is 5.32 Å². The van der Waals surface area contributed by atoms with Crippen molar-refractivity contribution in [1.29, 1.82) is 0 Å². The lowest BCUT2D eigenvalue weighted by Gasteiger charge is -2.13. The van der Waals surface area contributed by atoms with Gasteiger partial charge >= 0.3 is 0 Å². The zero-order chi connectivity index (χ0) is 14.6. The van der Waals surface area contributed by atoms with Crippen LogP contribution in [0.1, 0.15) is 10.4 Å². The summed E-state index contributed by atoms with van der Waals surface area (Å²) in [5.74, 6) is -5.62. The van der Waals surface area contributed by atoms with Gasteiger partial charge in [-0.2, -0.15) is 0 Å². The number of nitrogens with zero attached hydrogens (tertiary/aromatic N) is 1. The first kappa shape index (κ1) is 14.9. The normalized spacial score (nSPS) is 11.2. The highest BCUT2D eigenvalue weighted by Crippen LogP contribution is 2.20. The predicted molar refractivity (Wildman–Crippen MR) is 57.4 cm³/mol. The smallest absolute Gasteiger partial charge is 0.287 e. The summed E-state index contributed by atoms with van der Waals surface area (Å²) in [6, 6.07) is 2.13. The molecule has 104 valence electrons. The van der Waals surface area contributed by atoms with E-state index >= 15 is 0 Å². The highest BCUT2D eigenvalue weighted by molar-refractivity contribution is 5.98. The topological polar surface area (TPSA) is 92.5 Å². The fourth-order valence-electron chi connectivity index (χ4n) is 1.21. The zero-order valence-corrected chi connectivity index (χ0v) is 9.40. The minimum atomic E-state index is -3.54. The van der Waals surface area contributed by atoms with E-state index in [1.165, 1.54) is 0 Å². The lowest BCUT2D eigenvalue weighted by molar-refractivity contribution is -0.385. The molecule has 0 fully saturated rings. The molecule has 0 atom stereocenters. The number of rotatable bonds is 5. The number of alkyl halides is 2. The molecule has 0 aliphatic heterocycles. The molecular weight excluding hydrogens is 269 g/mol. The van der Waals surface area contributed by atoms with Crippen molar-refractivity contribution in [2.45, 2.75) is 5.92 Å². The molecule has 1 aromatic rings. The van der Waals surface area contributed by atoms with Crippen LogP contribution in [0.2, 0.25) is 0 Å². The Kier molecular flexibility index (Phi) is 4.43. The van der Waals surface area contributed by atoms with Crippen LogP contribution in [0.4, 0.5) is 18.9 Å². The summed E-state index contributed by atoms with van der Waals surface area (Å²) in [4.78, 5) is 21.1. The molecule has 1 amide bonds. The summed E-state index contributed by atoms with van der Waals surface area (Å²) in [5.41, 5.74) is -1.37. The lowest BCUT2D eigenvalue weighted by atomic mass is 10.1. The fourth-order valence-corrected chi connectivity index (χ4v) is 1.21. The first-order valence-corrected chi connectivity index (χ1v) is 4.97. The number of nitro groups is 1. The van der Waals surface area contributed by atoms with Gasteiger partial charge in [0, 0.05) is 0 Å². The Labute approximate surface area is 105 Å². The van der Waals surface area contributed by atoms with E-state index in [9.17, 15) is 28.1 Å². The average molecular weight is 278 g/mol. The Morgan fingerprint density at radius 2 is 2.11 bits per heavy atom. The van der Waals surface area contributed by atoms with Gasteiger partial charge < -0.3 is 10.4 Å². The maximum absolute atomic E-state index is 12.8. The number of amides is 1. The maximum atomic E-state index is 12.8. The SMILES string of the molecule is O=C(NCC(F)(F)CO)c1ccc(F)cc1[N+](=O)[O-]. The predicted octanol–water partition coefficient (Wildman–Crippen LogP) is 1.09. The van der Waals surface area contributed by atoms with Crippen LogP contribution in [0.25, 0.3) is 0 Å². The van der Waals surface area contributed by atoms with Gasteiger partial charge in [0.15, 0.2) is 0 Å². The van der Waals surface area contributed by atoms with Crippen molar-refractivity contribution < 1.29 is 28.0 Å². The third kappa shape index (κ3) is 3.91. The van der Waals surface area contributed by atoms with Crippen molar-refractivity contribution in [1.82, 2.24) is 5.32 Å². The number of hydrogen-bond donors (Lipinski definition) is 2. The van der Waals surface area contributed by atoms with Crippen LogP contribution >= 0.6 is 0 Å². The number of aliphatic hydroxyl groups is 1. The Balaban J connectivity index is 2.91. The van der Waals surface area contributed by atoms with Crippen LogP contribution in [0.5, 0.6) is 0 Å². The van der Waals surface area contributed by atoms with Gasteiger partial charge in [-0.25, -0.2) is 13.2 Å². The maximum Gasteiger partial charge on any atom is 0.287 e.